The molecule has 0 saturated carbocycles. The minimum atomic E-state index is -1.42. The first-order valence-corrected chi connectivity index (χ1v) is 8.07. The van der Waals surface area contributed by atoms with Crippen molar-refractivity contribution in [2.75, 3.05) is 39.6 Å². The summed E-state index contributed by atoms with van der Waals surface area (Å²) in [7, 11) is 0. The van der Waals surface area contributed by atoms with Crippen molar-refractivity contribution in [3.05, 3.63) is 0 Å². The van der Waals surface area contributed by atoms with E-state index in [9.17, 15) is 20.1 Å². The average molecular weight is 351 g/mol. The Kier molecular flexibility index (Phi) is 9.06. The molecule has 9 nitrogen and oxygen atoms in total. The molecule has 1 saturated heterocycles. The first-order valence-electron chi connectivity index (χ1n) is 8.07. The number of nitrogens with one attached hydrogen (secondary N) is 1. The highest BCUT2D eigenvalue weighted by Crippen LogP contribution is 2.31. The molecule has 24 heavy (non-hydrogen) atoms. The summed E-state index contributed by atoms with van der Waals surface area (Å²) in [5.74, 6) is -1.82. The topological polar surface area (TPSA) is 127 Å². The van der Waals surface area contributed by atoms with E-state index in [1.807, 2.05) is 6.92 Å². The molecule has 0 aromatic carbocycles. The Hall–Kier alpha value is -0.810. The zero-order chi connectivity index (χ0) is 18.2. The molecular formula is C15H29NO8. The number of carbonyl (C=O) groups is 1. The second-order valence-electron chi connectivity index (χ2n) is 5.67. The minimum Gasteiger partial charge on any atom is -0.394 e. The zero-order valence-electron chi connectivity index (χ0n) is 14.4. The molecule has 0 bridgehead atoms. The average Bonchev–Trinajstić information content (AvgIpc) is 2.54. The van der Waals surface area contributed by atoms with Gasteiger partial charge in [-0.15, -0.1) is 0 Å². The summed E-state index contributed by atoms with van der Waals surface area (Å²) in [6, 6.07) is -0.990. The molecule has 9 heteroatoms. The molecule has 1 amide bonds. The SMILES string of the molecule is CCOCCOCCO[C@@]1(C)OC(CO)[C@H](O)[C@H](O)C1NC(C)=O. The van der Waals surface area contributed by atoms with Gasteiger partial charge < -0.3 is 39.6 Å². The number of hydrogen-bond acceptors (Lipinski definition) is 8. The predicted molar refractivity (Wildman–Crippen MR) is 83.2 cm³/mol. The number of aliphatic hydroxyl groups excluding tert-OH is 3. The molecule has 0 aromatic heterocycles. The Morgan fingerprint density at radius 2 is 1.79 bits per heavy atom. The van der Waals surface area contributed by atoms with E-state index in [1.54, 1.807) is 0 Å². The normalized spacial score (nSPS) is 33.4. The fraction of sp³-hybridized carbons (Fsp3) is 0.933. The van der Waals surface area contributed by atoms with Crippen LogP contribution in [0.25, 0.3) is 0 Å². The van der Waals surface area contributed by atoms with Crippen LogP contribution in [0.3, 0.4) is 0 Å². The Bertz CT molecular complexity index is 382. The molecule has 0 radical (unpaired) electrons. The lowest BCUT2D eigenvalue weighted by Gasteiger charge is -2.48. The van der Waals surface area contributed by atoms with Gasteiger partial charge in [0, 0.05) is 13.5 Å². The molecule has 1 aliphatic rings. The van der Waals surface area contributed by atoms with E-state index in [4.69, 9.17) is 18.9 Å². The third-order valence-corrected chi connectivity index (χ3v) is 3.75. The lowest BCUT2D eigenvalue weighted by Crippen LogP contribution is -2.70. The van der Waals surface area contributed by atoms with E-state index < -0.39 is 42.7 Å². The van der Waals surface area contributed by atoms with Crippen molar-refractivity contribution in [1.29, 1.82) is 0 Å². The van der Waals surface area contributed by atoms with Crippen LogP contribution in [0, 0.1) is 0 Å². The molecule has 0 spiro atoms. The molecule has 5 atom stereocenters. The molecule has 1 heterocycles. The van der Waals surface area contributed by atoms with E-state index >= 15 is 0 Å². The minimum absolute atomic E-state index is 0.139. The van der Waals surface area contributed by atoms with Gasteiger partial charge in [-0.1, -0.05) is 0 Å². The van der Waals surface area contributed by atoms with Crippen molar-refractivity contribution in [1.82, 2.24) is 5.32 Å². The van der Waals surface area contributed by atoms with Crippen LogP contribution in [0.1, 0.15) is 20.8 Å². The van der Waals surface area contributed by atoms with Crippen LogP contribution in [-0.4, -0.2) is 91.0 Å². The van der Waals surface area contributed by atoms with Gasteiger partial charge in [-0.05, 0) is 13.8 Å². The summed E-state index contributed by atoms with van der Waals surface area (Å²) in [6.07, 6.45) is -3.71. The Balaban J connectivity index is 2.61. The summed E-state index contributed by atoms with van der Waals surface area (Å²) in [5, 5.41) is 32.0. The molecule has 2 unspecified atom stereocenters. The van der Waals surface area contributed by atoms with E-state index in [0.29, 0.717) is 19.8 Å². The van der Waals surface area contributed by atoms with Gasteiger partial charge in [0.25, 0.3) is 0 Å². The molecule has 1 fully saturated rings. The van der Waals surface area contributed by atoms with Gasteiger partial charge >= 0.3 is 0 Å². The first kappa shape index (κ1) is 21.2. The second-order valence-corrected chi connectivity index (χ2v) is 5.67. The third-order valence-electron chi connectivity index (χ3n) is 3.75. The monoisotopic (exact) mass is 351 g/mol. The number of ether oxygens (including phenoxy) is 4. The van der Waals surface area contributed by atoms with Gasteiger partial charge in [0.1, 0.15) is 24.4 Å². The van der Waals surface area contributed by atoms with Crippen molar-refractivity contribution in [3.63, 3.8) is 0 Å². The Morgan fingerprint density at radius 3 is 2.38 bits per heavy atom. The molecular weight excluding hydrogens is 322 g/mol. The van der Waals surface area contributed by atoms with E-state index in [1.165, 1.54) is 13.8 Å². The van der Waals surface area contributed by atoms with Crippen molar-refractivity contribution < 1.29 is 39.1 Å². The summed E-state index contributed by atoms with van der Waals surface area (Å²) in [4.78, 5) is 11.4. The fourth-order valence-corrected chi connectivity index (χ4v) is 2.54. The first-order chi connectivity index (χ1) is 11.4. The molecule has 0 aromatic rings. The summed E-state index contributed by atoms with van der Waals surface area (Å²) < 4.78 is 21.7. The fourth-order valence-electron chi connectivity index (χ4n) is 2.54. The van der Waals surface area contributed by atoms with Crippen molar-refractivity contribution >= 4 is 5.91 Å². The molecule has 0 aliphatic carbocycles. The van der Waals surface area contributed by atoms with E-state index in [0.717, 1.165) is 0 Å². The number of amides is 1. The highest BCUT2D eigenvalue weighted by molar-refractivity contribution is 5.73. The predicted octanol–water partition coefficient (Wildman–Crippen LogP) is -1.61. The van der Waals surface area contributed by atoms with Crippen LogP contribution >= 0.6 is 0 Å². The lowest BCUT2D eigenvalue weighted by atomic mass is 9.91. The maximum atomic E-state index is 11.4. The quantitative estimate of drug-likeness (QED) is 0.346. The highest BCUT2D eigenvalue weighted by atomic mass is 16.7. The van der Waals surface area contributed by atoms with Crippen LogP contribution < -0.4 is 5.32 Å². The lowest BCUT2D eigenvalue weighted by molar-refractivity contribution is -0.328. The second kappa shape index (κ2) is 10.2. The standard InChI is InChI=1S/C15H29NO8/c1-4-21-5-6-22-7-8-23-15(3)14(16-10(2)18)13(20)12(19)11(9-17)24-15/h11-14,17,19-20H,4-9H2,1-3H3,(H,16,18)/t11?,12-,13-,14?,15-/m0/s1. The number of rotatable bonds is 10. The summed E-state index contributed by atoms with van der Waals surface area (Å²) in [6.45, 7) is 6.15. The smallest absolute Gasteiger partial charge is 0.217 e. The van der Waals surface area contributed by atoms with Crippen LogP contribution in [0.15, 0.2) is 0 Å². The molecule has 1 rings (SSSR count). The van der Waals surface area contributed by atoms with Gasteiger partial charge in [-0.25, -0.2) is 0 Å². The third kappa shape index (κ3) is 5.92. The van der Waals surface area contributed by atoms with Crippen LogP contribution in [0.4, 0.5) is 0 Å². The van der Waals surface area contributed by atoms with Crippen LogP contribution in [-0.2, 0) is 23.7 Å². The number of carbonyl (C=O) groups excluding carboxylic acids is 1. The maximum Gasteiger partial charge on any atom is 0.217 e. The highest BCUT2D eigenvalue weighted by Gasteiger charge is 2.52. The summed E-state index contributed by atoms with van der Waals surface area (Å²) in [5.41, 5.74) is 0. The number of aliphatic hydroxyl groups is 3. The van der Waals surface area contributed by atoms with Gasteiger partial charge in [-0.3, -0.25) is 4.79 Å². The largest absolute Gasteiger partial charge is 0.394 e. The van der Waals surface area contributed by atoms with Crippen molar-refractivity contribution in [3.8, 4) is 0 Å². The Morgan fingerprint density at radius 1 is 1.17 bits per heavy atom. The maximum absolute atomic E-state index is 11.4. The number of hydrogen-bond donors (Lipinski definition) is 4. The molecule has 1 aliphatic heterocycles. The van der Waals surface area contributed by atoms with E-state index in [2.05, 4.69) is 5.32 Å². The Labute approximate surface area is 141 Å². The summed E-state index contributed by atoms with van der Waals surface area (Å²) >= 11 is 0. The van der Waals surface area contributed by atoms with Crippen molar-refractivity contribution in [2.24, 2.45) is 0 Å². The van der Waals surface area contributed by atoms with Crippen molar-refractivity contribution in [2.45, 2.75) is 50.9 Å². The van der Waals surface area contributed by atoms with Gasteiger partial charge in [0.2, 0.25) is 5.91 Å². The van der Waals surface area contributed by atoms with Crippen LogP contribution in [0.5, 0.6) is 0 Å². The van der Waals surface area contributed by atoms with Gasteiger partial charge in [0.15, 0.2) is 5.79 Å². The van der Waals surface area contributed by atoms with Gasteiger partial charge in [-0.2, -0.15) is 0 Å². The van der Waals surface area contributed by atoms with E-state index in [-0.39, 0.29) is 13.2 Å². The molecule has 4 N–H and O–H groups in total. The zero-order valence-corrected chi connectivity index (χ0v) is 14.4. The van der Waals surface area contributed by atoms with Gasteiger partial charge in [0.05, 0.1) is 33.0 Å². The van der Waals surface area contributed by atoms with Crippen LogP contribution in [0.2, 0.25) is 0 Å². The molecule has 142 valence electrons.